The second-order valence-corrected chi connectivity index (χ2v) is 6.63. The van der Waals surface area contributed by atoms with Gasteiger partial charge in [-0.05, 0) is 37.5 Å². The van der Waals surface area contributed by atoms with Gasteiger partial charge in [-0.15, -0.1) is 0 Å². The smallest absolute Gasteiger partial charge is 0.341 e. The van der Waals surface area contributed by atoms with E-state index in [1.165, 1.54) is 7.11 Å². The largest absolute Gasteiger partial charge is 0.493 e. The Morgan fingerprint density at radius 2 is 1.96 bits per heavy atom. The van der Waals surface area contributed by atoms with Crippen LogP contribution in [0.5, 0.6) is 5.75 Å². The van der Waals surface area contributed by atoms with Gasteiger partial charge in [0.25, 0.3) is 0 Å². The molecule has 1 fully saturated rings. The van der Waals surface area contributed by atoms with Crippen LogP contribution in [-0.4, -0.2) is 25.6 Å². The lowest BCUT2D eigenvalue weighted by molar-refractivity contribution is -0.124. The molecule has 0 radical (unpaired) electrons. The maximum Gasteiger partial charge on any atom is 0.341 e. The Kier molecular flexibility index (Phi) is 6.23. The number of ether oxygens (including phenoxy) is 2. The fourth-order valence-electron chi connectivity index (χ4n) is 2.99. The molecule has 0 spiro atoms. The molecule has 0 aromatic heterocycles. The number of amides is 1. The van der Waals surface area contributed by atoms with Crippen LogP contribution in [0.1, 0.15) is 62.7 Å². The molecule has 1 aromatic carbocycles. The Balaban J connectivity index is 2.16. The van der Waals surface area contributed by atoms with E-state index in [2.05, 4.69) is 12.2 Å². The average molecular weight is 333 g/mol. The Bertz CT molecular complexity index is 591. The molecule has 0 atom stereocenters. The molecular formula is C19H27NO4. The van der Waals surface area contributed by atoms with Gasteiger partial charge in [0.15, 0.2) is 0 Å². The minimum Gasteiger partial charge on any atom is -0.493 e. The van der Waals surface area contributed by atoms with Gasteiger partial charge in [0.1, 0.15) is 11.3 Å². The Morgan fingerprint density at radius 3 is 2.58 bits per heavy atom. The van der Waals surface area contributed by atoms with Crippen LogP contribution in [0.4, 0.5) is 5.69 Å². The summed E-state index contributed by atoms with van der Waals surface area (Å²) < 4.78 is 10.5. The lowest BCUT2D eigenvalue weighted by atomic mass is 9.88. The van der Waals surface area contributed by atoms with Crippen LogP contribution in [-0.2, 0) is 9.53 Å². The number of unbranched alkanes of at least 4 members (excludes halogenated alkanes) is 1. The third-order valence-corrected chi connectivity index (χ3v) is 4.65. The molecule has 1 amide bonds. The van der Waals surface area contributed by atoms with Crippen LogP contribution in [0.2, 0.25) is 0 Å². The fourth-order valence-corrected chi connectivity index (χ4v) is 2.99. The summed E-state index contributed by atoms with van der Waals surface area (Å²) in [6.45, 7) is 4.62. The molecule has 2 rings (SSSR count). The summed E-state index contributed by atoms with van der Waals surface area (Å²) in [5.41, 5.74) is 0.612. The van der Waals surface area contributed by atoms with Crippen LogP contribution in [0.3, 0.4) is 0 Å². The zero-order valence-electron chi connectivity index (χ0n) is 14.8. The van der Waals surface area contributed by atoms with E-state index >= 15 is 0 Å². The standard InChI is InChI=1S/C19H27NO4/c1-4-5-12-24-16-9-8-14(13-15(16)17(21)23-3)20-18(22)19(2)10-6-7-11-19/h8-9,13H,4-7,10-12H2,1-3H3,(H,20,22). The van der Waals surface area contributed by atoms with E-state index in [1.807, 2.05) is 6.92 Å². The average Bonchev–Trinajstić information content (AvgIpc) is 3.03. The SMILES string of the molecule is CCCCOc1ccc(NC(=O)C2(C)CCCC2)cc1C(=O)OC. The first kappa shape index (κ1) is 18.3. The number of carbonyl (C=O) groups is 2. The fraction of sp³-hybridized carbons (Fsp3) is 0.579. The third kappa shape index (κ3) is 4.28. The van der Waals surface area contributed by atoms with E-state index in [1.54, 1.807) is 18.2 Å². The van der Waals surface area contributed by atoms with Crippen molar-refractivity contribution in [3.8, 4) is 5.75 Å². The molecular weight excluding hydrogens is 306 g/mol. The first-order valence-corrected chi connectivity index (χ1v) is 8.67. The highest BCUT2D eigenvalue weighted by molar-refractivity contribution is 5.98. The summed E-state index contributed by atoms with van der Waals surface area (Å²) in [4.78, 5) is 24.5. The number of carbonyl (C=O) groups excluding carboxylic acids is 2. The van der Waals surface area contributed by atoms with Crippen LogP contribution < -0.4 is 10.1 Å². The summed E-state index contributed by atoms with van der Waals surface area (Å²) in [7, 11) is 1.34. The van der Waals surface area contributed by atoms with Gasteiger partial charge in [-0.2, -0.15) is 0 Å². The summed E-state index contributed by atoms with van der Waals surface area (Å²) in [5.74, 6) is 0.0283. The van der Waals surface area contributed by atoms with Crippen molar-refractivity contribution in [2.24, 2.45) is 5.41 Å². The van der Waals surface area contributed by atoms with E-state index in [0.29, 0.717) is 23.6 Å². The summed E-state index contributed by atoms with van der Waals surface area (Å²) >= 11 is 0. The first-order chi connectivity index (χ1) is 11.5. The lowest BCUT2D eigenvalue weighted by Gasteiger charge is -2.22. The van der Waals surface area contributed by atoms with Crippen molar-refractivity contribution >= 4 is 17.6 Å². The number of benzene rings is 1. The van der Waals surface area contributed by atoms with Crippen molar-refractivity contribution in [2.45, 2.75) is 52.4 Å². The van der Waals surface area contributed by atoms with Crippen LogP contribution in [0.25, 0.3) is 0 Å². The number of anilines is 1. The van der Waals surface area contributed by atoms with Gasteiger partial charge in [-0.1, -0.05) is 33.1 Å². The van der Waals surface area contributed by atoms with Crippen molar-refractivity contribution in [1.29, 1.82) is 0 Å². The minimum absolute atomic E-state index is 0.00969. The van der Waals surface area contributed by atoms with Crippen LogP contribution >= 0.6 is 0 Å². The zero-order valence-corrected chi connectivity index (χ0v) is 14.8. The molecule has 0 aliphatic heterocycles. The molecule has 5 nitrogen and oxygen atoms in total. The predicted molar refractivity (Wildman–Crippen MR) is 93.4 cm³/mol. The van der Waals surface area contributed by atoms with E-state index in [0.717, 1.165) is 38.5 Å². The Morgan fingerprint density at radius 1 is 1.25 bits per heavy atom. The number of nitrogens with one attached hydrogen (secondary N) is 1. The minimum atomic E-state index is -0.468. The number of hydrogen-bond acceptors (Lipinski definition) is 4. The molecule has 1 aromatic rings. The molecule has 5 heteroatoms. The normalized spacial score (nSPS) is 15.8. The molecule has 0 heterocycles. The number of hydrogen-bond donors (Lipinski definition) is 1. The zero-order chi connectivity index (χ0) is 17.6. The lowest BCUT2D eigenvalue weighted by Crippen LogP contribution is -2.30. The van der Waals surface area contributed by atoms with Crippen molar-refractivity contribution < 1.29 is 19.1 Å². The number of esters is 1. The van der Waals surface area contributed by atoms with Gasteiger partial charge in [0, 0.05) is 11.1 Å². The molecule has 24 heavy (non-hydrogen) atoms. The Labute approximate surface area is 143 Å². The highest BCUT2D eigenvalue weighted by atomic mass is 16.5. The molecule has 1 N–H and O–H groups in total. The van der Waals surface area contributed by atoms with Crippen molar-refractivity contribution in [3.63, 3.8) is 0 Å². The molecule has 0 saturated heterocycles. The summed E-state index contributed by atoms with van der Waals surface area (Å²) in [5, 5.41) is 2.94. The van der Waals surface area contributed by atoms with Gasteiger partial charge < -0.3 is 14.8 Å². The summed E-state index contributed by atoms with van der Waals surface area (Å²) in [6.07, 6.45) is 5.91. The van der Waals surface area contributed by atoms with E-state index < -0.39 is 5.97 Å². The molecule has 0 unspecified atom stereocenters. The van der Waals surface area contributed by atoms with Crippen molar-refractivity contribution in [3.05, 3.63) is 23.8 Å². The monoisotopic (exact) mass is 333 g/mol. The van der Waals surface area contributed by atoms with Gasteiger partial charge in [-0.3, -0.25) is 4.79 Å². The predicted octanol–water partition coefficient (Wildman–Crippen LogP) is 4.17. The van der Waals surface area contributed by atoms with E-state index in [-0.39, 0.29) is 11.3 Å². The highest BCUT2D eigenvalue weighted by Gasteiger charge is 2.36. The van der Waals surface area contributed by atoms with Crippen molar-refractivity contribution in [1.82, 2.24) is 0 Å². The second-order valence-electron chi connectivity index (χ2n) is 6.63. The van der Waals surface area contributed by atoms with Gasteiger partial charge in [0.05, 0.1) is 13.7 Å². The van der Waals surface area contributed by atoms with Gasteiger partial charge in [-0.25, -0.2) is 4.79 Å². The van der Waals surface area contributed by atoms with Gasteiger partial charge in [0.2, 0.25) is 5.91 Å². The maximum atomic E-state index is 12.5. The second kappa shape index (κ2) is 8.18. The first-order valence-electron chi connectivity index (χ1n) is 8.67. The molecule has 1 aliphatic rings. The van der Waals surface area contributed by atoms with E-state index in [4.69, 9.17) is 9.47 Å². The summed E-state index contributed by atoms with van der Waals surface area (Å²) in [6, 6.07) is 5.11. The van der Waals surface area contributed by atoms with Crippen LogP contribution in [0, 0.1) is 5.41 Å². The molecule has 132 valence electrons. The van der Waals surface area contributed by atoms with Crippen molar-refractivity contribution in [2.75, 3.05) is 19.0 Å². The third-order valence-electron chi connectivity index (χ3n) is 4.65. The topological polar surface area (TPSA) is 64.6 Å². The molecule has 1 aliphatic carbocycles. The maximum absolute atomic E-state index is 12.5. The quantitative estimate of drug-likeness (QED) is 0.601. The van der Waals surface area contributed by atoms with Gasteiger partial charge >= 0.3 is 5.97 Å². The highest BCUT2D eigenvalue weighted by Crippen LogP contribution is 2.38. The Hall–Kier alpha value is -2.04. The van der Waals surface area contributed by atoms with Crippen LogP contribution in [0.15, 0.2) is 18.2 Å². The molecule has 0 bridgehead atoms. The number of methoxy groups -OCH3 is 1. The molecule has 1 saturated carbocycles. The van der Waals surface area contributed by atoms with E-state index in [9.17, 15) is 9.59 Å². The number of rotatable bonds is 7.